The van der Waals surface area contributed by atoms with Crippen LogP contribution in [0.2, 0.25) is 0 Å². The summed E-state index contributed by atoms with van der Waals surface area (Å²) in [6.45, 7) is 0. The molecule has 0 radical (unpaired) electrons. The van der Waals surface area contributed by atoms with Gasteiger partial charge in [0.25, 0.3) is 0 Å². The van der Waals surface area contributed by atoms with Gasteiger partial charge in [-0.1, -0.05) is 0 Å². The van der Waals surface area contributed by atoms with E-state index in [-0.39, 0.29) is 19.5 Å². The average Bonchev–Trinajstić information content (AvgIpc) is 2.33. The van der Waals surface area contributed by atoms with Gasteiger partial charge in [0.15, 0.2) is 0 Å². The van der Waals surface area contributed by atoms with Crippen molar-refractivity contribution in [3.05, 3.63) is 0 Å². The van der Waals surface area contributed by atoms with Gasteiger partial charge in [0, 0.05) is 0 Å². The molecule has 0 aliphatic carbocycles. The van der Waals surface area contributed by atoms with Gasteiger partial charge in [0.05, 0.1) is 0 Å². The Kier molecular flexibility index (Phi) is 20.7. The van der Waals surface area contributed by atoms with Crippen LogP contribution in [-0.2, 0) is 29.1 Å². The molecule has 0 rings (SSSR count). The molecular weight excluding hydrogens is 342 g/mol. The third-order valence-corrected chi connectivity index (χ3v) is 3.19. The van der Waals surface area contributed by atoms with Crippen molar-refractivity contribution in [2.24, 2.45) is 11.5 Å². The second-order valence-electron chi connectivity index (χ2n) is 3.45. The summed E-state index contributed by atoms with van der Waals surface area (Å²) >= 11 is 3.21. The van der Waals surface area contributed by atoms with Crippen LogP contribution in [0.25, 0.3) is 0 Å². The molecule has 19 heavy (non-hydrogen) atoms. The van der Waals surface area contributed by atoms with Crippen molar-refractivity contribution in [3.63, 3.8) is 0 Å². The maximum absolute atomic E-state index is 10.1. The van der Waals surface area contributed by atoms with Crippen LogP contribution in [0.1, 0.15) is 12.8 Å². The molecule has 0 aliphatic rings. The first kappa shape index (κ1) is 24.2. The van der Waals surface area contributed by atoms with Crippen LogP contribution in [0.4, 0.5) is 0 Å². The zero-order valence-corrected chi connectivity index (χ0v) is 16.0. The van der Waals surface area contributed by atoms with Gasteiger partial charge in [-0.3, -0.25) is 9.59 Å². The van der Waals surface area contributed by atoms with E-state index in [2.05, 4.69) is 0 Å². The fourth-order valence-electron chi connectivity index (χ4n) is 0.737. The summed E-state index contributed by atoms with van der Waals surface area (Å²) in [6, 6.07) is -1.37. The van der Waals surface area contributed by atoms with E-state index in [1.807, 2.05) is 12.5 Å². The molecule has 0 heterocycles. The Hall–Kier alpha value is 0.183. The van der Waals surface area contributed by atoms with E-state index >= 15 is 0 Å². The summed E-state index contributed by atoms with van der Waals surface area (Å²) in [5.41, 5.74) is 10.4. The van der Waals surface area contributed by atoms with E-state index in [0.717, 1.165) is 11.5 Å². The van der Waals surface area contributed by atoms with Gasteiger partial charge < -0.3 is 21.7 Å². The molecule has 108 valence electrons. The molecule has 0 saturated carbocycles. The first-order valence-corrected chi connectivity index (χ1v) is 8.10. The third-order valence-electron chi connectivity index (χ3n) is 1.90. The second-order valence-corrected chi connectivity index (χ2v) is 5.42. The monoisotopic (exact) mass is 362 g/mol. The SMILES string of the molecule is CSCCC(N)C(=O)O.CSCCC(N)C(=O)O.[Zn+2]. The summed E-state index contributed by atoms with van der Waals surface area (Å²) < 4.78 is 0. The number of hydrogen-bond donors (Lipinski definition) is 4. The minimum atomic E-state index is -0.913. The molecule has 9 heteroatoms. The van der Waals surface area contributed by atoms with E-state index in [1.165, 1.54) is 0 Å². The minimum Gasteiger partial charge on any atom is -0.480 e. The van der Waals surface area contributed by atoms with Crippen molar-refractivity contribution in [2.45, 2.75) is 24.9 Å². The largest absolute Gasteiger partial charge is 2.00 e. The van der Waals surface area contributed by atoms with Crippen molar-refractivity contribution in [3.8, 4) is 0 Å². The summed E-state index contributed by atoms with van der Waals surface area (Å²) in [5, 5.41) is 16.5. The first-order valence-electron chi connectivity index (χ1n) is 5.31. The predicted molar refractivity (Wildman–Crippen MR) is 77.2 cm³/mol. The van der Waals surface area contributed by atoms with E-state index in [9.17, 15) is 9.59 Å². The fraction of sp³-hybridized carbons (Fsp3) is 0.800. The molecule has 0 aliphatic heterocycles. The van der Waals surface area contributed by atoms with Crippen molar-refractivity contribution < 1.29 is 39.3 Å². The van der Waals surface area contributed by atoms with Crippen LogP contribution >= 0.6 is 23.5 Å². The van der Waals surface area contributed by atoms with Crippen LogP contribution < -0.4 is 11.5 Å². The topological polar surface area (TPSA) is 127 Å². The summed E-state index contributed by atoms with van der Waals surface area (Å²) in [7, 11) is 0. The molecule has 2 unspecified atom stereocenters. The van der Waals surface area contributed by atoms with Crippen LogP contribution in [0, 0.1) is 0 Å². The minimum absolute atomic E-state index is 0. The number of carbonyl (C=O) groups is 2. The van der Waals surface area contributed by atoms with Gasteiger partial charge in [-0.05, 0) is 36.9 Å². The predicted octanol–water partition coefficient (Wildman–Crippen LogP) is 0.300. The number of thioether (sulfide) groups is 2. The fourth-order valence-corrected chi connectivity index (χ4v) is 1.72. The quantitative estimate of drug-likeness (QED) is 0.453. The Morgan fingerprint density at radius 2 is 1.21 bits per heavy atom. The normalized spacial score (nSPS) is 12.4. The molecule has 6 nitrogen and oxygen atoms in total. The molecule has 0 aromatic heterocycles. The van der Waals surface area contributed by atoms with Crippen molar-refractivity contribution >= 4 is 35.5 Å². The number of hydrogen-bond acceptors (Lipinski definition) is 6. The molecule has 0 aromatic rings. The van der Waals surface area contributed by atoms with Crippen LogP contribution in [0.15, 0.2) is 0 Å². The molecule has 0 saturated heterocycles. The number of nitrogens with two attached hydrogens (primary N) is 2. The smallest absolute Gasteiger partial charge is 0.480 e. The van der Waals surface area contributed by atoms with Crippen LogP contribution in [-0.4, -0.2) is 58.3 Å². The van der Waals surface area contributed by atoms with Gasteiger partial charge in [0.1, 0.15) is 12.1 Å². The molecule has 0 bridgehead atoms. The molecular formula is C10H22N2O4S2Zn+2. The Balaban J connectivity index is -0.000000256. The maximum Gasteiger partial charge on any atom is 2.00 e. The summed E-state index contributed by atoms with van der Waals surface area (Å²) in [5.74, 6) is -0.200. The molecule has 0 fully saturated rings. The van der Waals surface area contributed by atoms with Crippen LogP contribution in [0.5, 0.6) is 0 Å². The standard InChI is InChI=1S/2C5H11NO2S.Zn/c2*1-9-3-2-4(6)5(7)8;/h2*4H,2-3,6H2,1H3,(H,7,8);/q;;+2. The van der Waals surface area contributed by atoms with Gasteiger partial charge >= 0.3 is 31.4 Å². The molecule has 6 N–H and O–H groups in total. The second kappa shape index (κ2) is 16.2. The van der Waals surface area contributed by atoms with E-state index in [4.69, 9.17) is 21.7 Å². The first-order chi connectivity index (χ1) is 8.36. The Morgan fingerprint density at radius 1 is 0.947 bits per heavy atom. The average molecular weight is 364 g/mol. The summed E-state index contributed by atoms with van der Waals surface area (Å²) in [4.78, 5) is 20.1. The molecule has 0 amide bonds. The number of carboxylic acids is 2. The number of carboxylic acid groups (broad SMARTS) is 2. The Labute approximate surface area is 135 Å². The maximum atomic E-state index is 10.1. The van der Waals surface area contributed by atoms with E-state index in [1.54, 1.807) is 23.5 Å². The van der Waals surface area contributed by atoms with Crippen molar-refractivity contribution in [2.75, 3.05) is 24.0 Å². The van der Waals surface area contributed by atoms with Gasteiger partial charge in [-0.2, -0.15) is 23.5 Å². The van der Waals surface area contributed by atoms with Gasteiger partial charge in [0.2, 0.25) is 0 Å². The Bertz CT molecular complexity index is 224. The number of aliphatic carboxylic acids is 2. The summed E-state index contributed by atoms with van der Waals surface area (Å²) in [6.07, 6.45) is 4.95. The zero-order chi connectivity index (χ0) is 14.6. The molecule has 0 aromatic carbocycles. The van der Waals surface area contributed by atoms with Gasteiger partial charge in [-0.15, -0.1) is 0 Å². The number of rotatable bonds is 8. The van der Waals surface area contributed by atoms with E-state index < -0.39 is 24.0 Å². The van der Waals surface area contributed by atoms with Crippen molar-refractivity contribution in [1.82, 2.24) is 0 Å². The van der Waals surface area contributed by atoms with Gasteiger partial charge in [-0.25, -0.2) is 0 Å². The third kappa shape index (κ3) is 18.2. The van der Waals surface area contributed by atoms with E-state index in [0.29, 0.717) is 12.8 Å². The van der Waals surface area contributed by atoms with Crippen molar-refractivity contribution in [1.29, 1.82) is 0 Å². The Morgan fingerprint density at radius 3 is 1.37 bits per heavy atom. The zero-order valence-electron chi connectivity index (χ0n) is 11.4. The molecule has 2 atom stereocenters. The molecule has 0 spiro atoms. The van der Waals surface area contributed by atoms with Crippen LogP contribution in [0.3, 0.4) is 0 Å².